The van der Waals surface area contributed by atoms with Crippen molar-refractivity contribution in [2.75, 3.05) is 5.73 Å². The molecular formula is C20H15N3O2. The molecule has 0 aliphatic heterocycles. The second-order valence-electron chi connectivity index (χ2n) is 5.78. The maximum Gasteiger partial charge on any atom is 0.225 e. The summed E-state index contributed by atoms with van der Waals surface area (Å²) in [7, 11) is 0. The van der Waals surface area contributed by atoms with Crippen molar-refractivity contribution < 1.29 is 5.11 Å². The molecule has 0 atom stereocenters. The van der Waals surface area contributed by atoms with Gasteiger partial charge in [0.15, 0.2) is 5.75 Å². The minimum absolute atomic E-state index is 0.260. The first kappa shape index (κ1) is 15.0. The third-order valence-corrected chi connectivity index (χ3v) is 4.16. The summed E-state index contributed by atoms with van der Waals surface area (Å²) in [6, 6.07) is 17.0. The fourth-order valence-electron chi connectivity index (χ4n) is 2.93. The molecule has 25 heavy (non-hydrogen) atoms. The second kappa shape index (κ2) is 5.79. The van der Waals surface area contributed by atoms with Gasteiger partial charge in [-0.2, -0.15) is 0 Å². The van der Waals surface area contributed by atoms with Crippen LogP contribution < -0.4 is 11.2 Å². The molecule has 0 unspecified atom stereocenters. The smallest absolute Gasteiger partial charge is 0.225 e. The predicted molar refractivity (Wildman–Crippen MR) is 98.9 cm³/mol. The Morgan fingerprint density at radius 1 is 1.00 bits per heavy atom. The van der Waals surface area contributed by atoms with Crippen molar-refractivity contribution in [2.24, 2.45) is 0 Å². The van der Waals surface area contributed by atoms with Crippen molar-refractivity contribution in [2.45, 2.75) is 0 Å². The minimum Gasteiger partial charge on any atom is -0.503 e. The van der Waals surface area contributed by atoms with Crippen LogP contribution in [0.15, 0.2) is 78.0 Å². The summed E-state index contributed by atoms with van der Waals surface area (Å²) in [5, 5.41) is 11.9. The van der Waals surface area contributed by atoms with E-state index in [-0.39, 0.29) is 11.6 Å². The first-order chi connectivity index (χ1) is 12.1. The van der Waals surface area contributed by atoms with Gasteiger partial charge in [0.05, 0.1) is 6.20 Å². The van der Waals surface area contributed by atoms with Crippen molar-refractivity contribution in [3.8, 4) is 22.6 Å². The zero-order valence-electron chi connectivity index (χ0n) is 13.3. The molecule has 0 spiro atoms. The quantitative estimate of drug-likeness (QED) is 0.591. The van der Waals surface area contributed by atoms with Gasteiger partial charge < -0.3 is 10.8 Å². The van der Waals surface area contributed by atoms with Crippen molar-refractivity contribution in [1.82, 2.24) is 9.55 Å². The van der Waals surface area contributed by atoms with Gasteiger partial charge >= 0.3 is 0 Å². The first-order valence-corrected chi connectivity index (χ1v) is 7.78. The predicted octanol–water partition coefficient (Wildman–Crippen LogP) is 3.34. The number of aromatic nitrogens is 2. The molecule has 0 saturated heterocycles. The Labute approximate surface area is 143 Å². The van der Waals surface area contributed by atoms with Crippen LogP contribution in [0, 0.1) is 0 Å². The monoisotopic (exact) mass is 329 g/mol. The van der Waals surface area contributed by atoms with Gasteiger partial charge in [-0.15, -0.1) is 0 Å². The van der Waals surface area contributed by atoms with Gasteiger partial charge in [-0.05, 0) is 23.1 Å². The topological polar surface area (TPSA) is 81.1 Å². The minimum atomic E-state index is -0.497. The molecule has 2 aromatic heterocycles. The number of hydrogen-bond donors (Lipinski definition) is 2. The average molecular weight is 329 g/mol. The van der Waals surface area contributed by atoms with Crippen LogP contribution in [0.4, 0.5) is 5.82 Å². The molecule has 0 fully saturated rings. The fraction of sp³-hybridized carbons (Fsp3) is 0. The highest BCUT2D eigenvalue weighted by Gasteiger charge is 2.08. The van der Waals surface area contributed by atoms with Crippen molar-refractivity contribution in [3.05, 3.63) is 83.4 Å². The van der Waals surface area contributed by atoms with E-state index in [4.69, 9.17) is 5.73 Å². The summed E-state index contributed by atoms with van der Waals surface area (Å²) in [5.41, 5.74) is 8.17. The molecule has 2 aromatic carbocycles. The molecule has 5 heteroatoms. The maximum atomic E-state index is 11.5. The average Bonchev–Trinajstić information content (AvgIpc) is 2.64. The Hall–Kier alpha value is -3.60. The third-order valence-electron chi connectivity index (χ3n) is 4.16. The normalized spacial score (nSPS) is 10.9. The van der Waals surface area contributed by atoms with Gasteiger partial charge in [-0.1, -0.05) is 36.4 Å². The molecule has 0 bridgehead atoms. The van der Waals surface area contributed by atoms with Gasteiger partial charge in [0.2, 0.25) is 5.43 Å². The first-order valence-electron chi connectivity index (χ1n) is 7.78. The summed E-state index contributed by atoms with van der Waals surface area (Å²) in [6.07, 6.45) is 4.99. The van der Waals surface area contributed by atoms with E-state index in [1.165, 1.54) is 12.3 Å². The maximum absolute atomic E-state index is 11.5. The number of fused-ring (bicyclic) bond motifs is 1. The van der Waals surface area contributed by atoms with Gasteiger partial charge in [-0.25, -0.2) is 0 Å². The third kappa shape index (κ3) is 2.61. The molecule has 122 valence electrons. The molecular weight excluding hydrogens is 314 g/mol. The number of nitrogen functional groups attached to an aromatic ring is 1. The Morgan fingerprint density at radius 3 is 2.72 bits per heavy atom. The van der Waals surface area contributed by atoms with Crippen LogP contribution in [0.3, 0.4) is 0 Å². The van der Waals surface area contributed by atoms with E-state index in [0.717, 1.165) is 27.6 Å². The van der Waals surface area contributed by atoms with Crippen LogP contribution in [-0.2, 0) is 0 Å². The highest BCUT2D eigenvalue weighted by atomic mass is 16.3. The summed E-state index contributed by atoms with van der Waals surface area (Å²) < 4.78 is 1.58. The van der Waals surface area contributed by atoms with Crippen LogP contribution in [0.5, 0.6) is 5.75 Å². The Kier molecular flexibility index (Phi) is 3.47. The highest BCUT2D eigenvalue weighted by Crippen LogP contribution is 2.29. The molecule has 0 aliphatic carbocycles. The second-order valence-corrected chi connectivity index (χ2v) is 5.78. The van der Waals surface area contributed by atoms with Gasteiger partial charge in [0.1, 0.15) is 5.82 Å². The molecule has 0 saturated carbocycles. The standard InChI is InChI=1S/C20H15N3O2/c21-20-9-18(24)19(25)12-23(20)15-6-3-5-13(8-15)17-11-22-10-14-4-1-2-7-16(14)17/h1-12,25H,21H2. The Morgan fingerprint density at radius 2 is 1.84 bits per heavy atom. The molecule has 0 aliphatic rings. The lowest BCUT2D eigenvalue weighted by Gasteiger charge is -2.13. The van der Waals surface area contributed by atoms with Gasteiger partial charge in [-0.3, -0.25) is 14.3 Å². The SMILES string of the molecule is Nc1cc(=O)c(O)cn1-c1cccc(-c2cncc3ccccc23)c1. The lowest BCUT2D eigenvalue weighted by molar-refractivity contribution is 0.466. The van der Waals surface area contributed by atoms with Crippen LogP contribution in [0.2, 0.25) is 0 Å². The van der Waals surface area contributed by atoms with Crippen molar-refractivity contribution in [1.29, 1.82) is 0 Å². The summed E-state index contributed by atoms with van der Waals surface area (Å²) in [6.45, 7) is 0. The largest absolute Gasteiger partial charge is 0.503 e. The Bertz CT molecular complexity index is 1140. The molecule has 2 heterocycles. The molecule has 5 nitrogen and oxygen atoms in total. The summed E-state index contributed by atoms with van der Waals surface area (Å²) in [4.78, 5) is 15.8. The number of aromatic hydroxyl groups is 1. The van der Waals surface area contributed by atoms with E-state index >= 15 is 0 Å². The summed E-state index contributed by atoms with van der Waals surface area (Å²) in [5.74, 6) is -0.0811. The van der Waals surface area contributed by atoms with Crippen LogP contribution in [-0.4, -0.2) is 14.7 Å². The number of hydrogen-bond acceptors (Lipinski definition) is 4. The van der Waals surface area contributed by atoms with Crippen LogP contribution in [0.25, 0.3) is 27.6 Å². The molecule has 4 aromatic rings. The van der Waals surface area contributed by atoms with E-state index < -0.39 is 5.43 Å². The summed E-state index contributed by atoms with van der Waals surface area (Å²) >= 11 is 0. The molecule has 0 radical (unpaired) electrons. The number of pyridine rings is 2. The fourth-order valence-corrected chi connectivity index (χ4v) is 2.93. The Balaban J connectivity index is 1.91. The molecule has 0 amide bonds. The van der Waals surface area contributed by atoms with Crippen molar-refractivity contribution >= 4 is 16.6 Å². The zero-order valence-corrected chi connectivity index (χ0v) is 13.3. The lowest BCUT2D eigenvalue weighted by atomic mass is 10.0. The zero-order chi connectivity index (χ0) is 17.4. The van der Waals surface area contributed by atoms with E-state index in [1.807, 2.05) is 54.9 Å². The van der Waals surface area contributed by atoms with E-state index in [2.05, 4.69) is 11.1 Å². The van der Waals surface area contributed by atoms with Crippen molar-refractivity contribution in [3.63, 3.8) is 0 Å². The van der Waals surface area contributed by atoms with Gasteiger partial charge in [0, 0.05) is 35.1 Å². The van der Waals surface area contributed by atoms with E-state index in [1.54, 1.807) is 4.57 Å². The molecule has 3 N–H and O–H groups in total. The number of nitrogens with two attached hydrogens (primary N) is 1. The number of benzene rings is 2. The number of rotatable bonds is 2. The van der Waals surface area contributed by atoms with Crippen LogP contribution >= 0.6 is 0 Å². The van der Waals surface area contributed by atoms with E-state index in [9.17, 15) is 9.90 Å². The van der Waals surface area contributed by atoms with E-state index in [0.29, 0.717) is 0 Å². The van der Waals surface area contributed by atoms with Gasteiger partial charge in [0.25, 0.3) is 0 Å². The molecule has 4 rings (SSSR count). The number of nitrogens with zero attached hydrogens (tertiary/aromatic N) is 2. The number of anilines is 1. The van der Waals surface area contributed by atoms with Crippen LogP contribution in [0.1, 0.15) is 0 Å². The lowest BCUT2D eigenvalue weighted by Crippen LogP contribution is -2.10. The highest BCUT2D eigenvalue weighted by molar-refractivity contribution is 5.95.